The van der Waals surface area contributed by atoms with Crippen molar-refractivity contribution in [2.45, 2.75) is 30.1 Å². The van der Waals surface area contributed by atoms with Gasteiger partial charge in [0.1, 0.15) is 4.90 Å². The van der Waals surface area contributed by atoms with Gasteiger partial charge in [-0.1, -0.05) is 6.07 Å². The van der Waals surface area contributed by atoms with Crippen molar-refractivity contribution in [2.75, 3.05) is 24.5 Å². The van der Waals surface area contributed by atoms with Gasteiger partial charge in [0, 0.05) is 18.7 Å². The molecule has 9 heteroatoms. The number of nitrogens with zero attached hydrogens (tertiary/aromatic N) is 1. The molecule has 0 bridgehead atoms. The van der Waals surface area contributed by atoms with Gasteiger partial charge in [-0.15, -0.1) is 3.89 Å². The van der Waals surface area contributed by atoms with Crippen molar-refractivity contribution in [3.8, 4) is 0 Å². The van der Waals surface area contributed by atoms with E-state index in [1.807, 2.05) is 0 Å². The Morgan fingerprint density at radius 2 is 1.88 bits per heavy atom. The van der Waals surface area contributed by atoms with Gasteiger partial charge >= 0.3 is 16.3 Å². The van der Waals surface area contributed by atoms with Crippen molar-refractivity contribution >= 4 is 27.8 Å². The molecule has 2 aliphatic heterocycles. The summed E-state index contributed by atoms with van der Waals surface area (Å²) in [5.41, 5.74) is 0.699. The minimum Gasteiger partial charge on any atom is -0.317 e. The number of carbonyl (C=O) groups excluding carboxylic acids is 2. The molecule has 0 saturated carbocycles. The Hall–Kier alpha value is -2.00. The van der Waals surface area contributed by atoms with E-state index in [-0.39, 0.29) is 30.5 Å². The second kappa shape index (κ2) is 6.48. The lowest BCUT2D eigenvalue weighted by molar-refractivity contribution is -0.120. The SMILES string of the molecule is O=C1CCN(c2ccc(C3CCNCC3)c(S(=O)(=O)F)c2)C(=O)N1. The molecule has 130 valence electrons. The first-order chi connectivity index (χ1) is 11.4. The molecule has 2 fully saturated rings. The molecule has 0 aliphatic carbocycles. The van der Waals surface area contributed by atoms with E-state index < -0.39 is 21.1 Å². The maximum atomic E-state index is 13.8. The summed E-state index contributed by atoms with van der Waals surface area (Å²) in [6.07, 6.45) is 1.56. The maximum absolute atomic E-state index is 13.8. The summed E-state index contributed by atoms with van der Waals surface area (Å²) in [4.78, 5) is 24.0. The fourth-order valence-electron chi connectivity index (χ4n) is 3.18. The number of carbonyl (C=O) groups is 2. The van der Waals surface area contributed by atoms with Crippen LogP contribution in [0.15, 0.2) is 23.1 Å². The van der Waals surface area contributed by atoms with Gasteiger partial charge in [0.15, 0.2) is 0 Å². The average Bonchev–Trinajstić information content (AvgIpc) is 2.54. The van der Waals surface area contributed by atoms with Crippen molar-refractivity contribution in [2.24, 2.45) is 0 Å². The lowest BCUT2D eigenvalue weighted by Gasteiger charge is -2.28. The highest BCUT2D eigenvalue weighted by Crippen LogP contribution is 2.34. The van der Waals surface area contributed by atoms with Gasteiger partial charge < -0.3 is 5.32 Å². The lowest BCUT2D eigenvalue weighted by atomic mass is 9.90. The van der Waals surface area contributed by atoms with Crippen molar-refractivity contribution in [1.29, 1.82) is 0 Å². The number of benzene rings is 1. The summed E-state index contributed by atoms with van der Waals surface area (Å²) in [6, 6.07) is 3.72. The van der Waals surface area contributed by atoms with Gasteiger partial charge in [-0.05, 0) is 49.5 Å². The number of rotatable bonds is 3. The first-order valence-electron chi connectivity index (χ1n) is 7.77. The van der Waals surface area contributed by atoms with Crippen molar-refractivity contribution < 1.29 is 21.9 Å². The van der Waals surface area contributed by atoms with Crippen LogP contribution in [-0.4, -0.2) is 40.0 Å². The smallest absolute Gasteiger partial charge is 0.317 e. The molecule has 7 nitrogen and oxygen atoms in total. The molecule has 0 atom stereocenters. The van der Waals surface area contributed by atoms with Crippen LogP contribution in [0.1, 0.15) is 30.7 Å². The topological polar surface area (TPSA) is 95.6 Å². The van der Waals surface area contributed by atoms with E-state index in [0.29, 0.717) is 5.56 Å². The highest BCUT2D eigenvalue weighted by Gasteiger charge is 2.29. The van der Waals surface area contributed by atoms with Crippen LogP contribution in [-0.2, 0) is 15.0 Å². The van der Waals surface area contributed by atoms with E-state index in [4.69, 9.17) is 0 Å². The van der Waals surface area contributed by atoms with E-state index in [1.54, 1.807) is 12.1 Å². The van der Waals surface area contributed by atoms with E-state index in [9.17, 15) is 21.9 Å². The first-order valence-corrected chi connectivity index (χ1v) is 9.15. The summed E-state index contributed by atoms with van der Waals surface area (Å²) in [5, 5.41) is 5.34. The number of piperidine rings is 1. The van der Waals surface area contributed by atoms with Gasteiger partial charge in [-0.2, -0.15) is 8.42 Å². The molecule has 2 N–H and O–H groups in total. The molecule has 24 heavy (non-hydrogen) atoms. The molecule has 3 rings (SSSR count). The van der Waals surface area contributed by atoms with Crippen LogP contribution >= 0.6 is 0 Å². The molecular weight excluding hydrogens is 337 g/mol. The third-order valence-corrected chi connectivity index (χ3v) is 5.28. The zero-order valence-corrected chi connectivity index (χ0v) is 13.7. The van der Waals surface area contributed by atoms with Crippen LogP contribution in [0.5, 0.6) is 0 Å². The minimum atomic E-state index is -4.92. The van der Waals surface area contributed by atoms with Gasteiger partial charge in [-0.3, -0.25) is 15.0 Å². The molecule has 0 aromatic heterocycles. The quantitative estimate of drug-likeness (QED) is 0.796. The Bertz CT molecular complexity index is 775. The predicted molar refractivity (Wildman–Crippen MR) is 85.1 cm³/mol. The van der Waals surface area contributed by atoms with E-state index in [2.05, 4.69) is 10.6 Å². The molecule has 0 unspecified atom stereocenters. The highest BCUT2D eigenvalue weighted by atomic mass is 32.3. The number of nitrogens with one attached hydrogen (secondary N) is 2. The molecule has 2 saturated heterocycles. The summed E-state index contributed by atoms with van der Waals surface area (Å²) in [5.74, 6) is -0.432. The van der Waals surface area contributed by atoms with Gasteiger partial charge in [0.25, 0.3) is 0 Å². The van der Waals surface area contributed by atoms with Crippen molar-refractivity contribution in [3.05, 3.63) is 23.8 Å². The molecule has 1 aromatic rings. The molecule has 0 radical (unpaired) electrons. The fraction of sp³-hybridized carbons (Fsp3) is 0.467. The third kappa shape index (κ3) is 3.41. The van der Waals surface area contributed by atoms with Crippen molar-refractivity contribution in [1.82, 2.24) is 10.6 Å². The zero-order valence-electron chi connectivity index (χ0n) is 12.9. The summed E-state index contributed by atoms with van der Waals surface area (Å²) in [7, 11) is -4.92. The Labute approximate surface area is 139 Å². The van der Waals surface area contributed by atoms with Crippen LogP contribution in [0.25, 0.3) is 0 Å². The fourth-order valence-corrected chi connectivity index (χ4v) is 3.96. The Morgan fingerprint density at radius 3 is 2.50 bits per heavy atom. The summed E-state index contributed by atoms with van der Waals surface area (Å²) < 4.78 is 37.0. The summed E-state index contributed by atoms with van der Waals surface area (Å²) in [6.45, 7) is 1.62. The maximum Gasteiger partial charge on any atom is 0.332 e. The Kier molecular flexibility index (Phi) is 4.55. The predicted octanol–water partition coefficient (Wildman–Crippen LogP) is 1.26. The van der Waals surface area contributed by atoms with Gasteiger partial charge in [-0.25, -0.2) is 4.79 Å². The number of imide groups is 1. The molecule has 2 heterocycles. The number of hydrogen-bond acceptors (Lipinski definition) is 5. The minimum absolute atomic E-state index is 0.0439. The van der Waals surface area contributed by atoms with Crippen LogP contribution in [0, 0.1) is 0 Å². The van der Waals surface area contributed by atoms with Crippen LogP contribution in [0.3, 0.4) is 0 Å². The largest absolute Gasteiger partial charge is 0.332 e. The summed E-state index contributed by atoms with van der Waals surface area (Å²) >= 11 is 0. The number of anilines is 1. The average molecular weight is 355 g/mol. The van der Waals surface area contributed by atoms with Gasteiger partial charge in [0.05, 0.1) is 0 Å². The molecule has 1 aromatic carbocycles. The Morgan fingerprint density at radius 1 is 1.17 bits per heavy atom. The monoisotopic (exact) mass is 355 g/mol. The lowest BCUT2D eigenvalue weighted by Crippen LogP contribution is -2.49. The number of halogens is 1. The second-order valence-corrected chi connectivity index (χ2v) is 7.25. The number of hydrogen-bond donors (Lipinski definition) is 2. The van der Waals surface area contributed by atoms with Crippen LogP contribution < -0.4 is 15.5 Å². The third-order valence-electron chi connectivity index (χ3n) is 4.40. The highest BCUT2D eigenvalue weighted by molar-refractivity contribution is 7.86. The van der Waals surface area contributed by atoms with Crippen LogP contribution in [0.2, 0.25) is 0 Å². The Balaban J connectivity index is 1.98. The van der Waals surface area contributed by atoms with E-state index in [1.165, 1.54) is 11.0 Å². The standard InChI is InChI=1S/C15H18FN3O4S/c16-24(22,23)13-9-11(19-8-5-14(20)18-15(19)21)1-2-12(13)10-3-6-17-7-4-10/h1-2,9-10,17H,3-8H2,(H,18,20,21). The normalized spacial score (nSPS) is 20.1. The molecule has 2 aliphatic rings. The first kappa shape index (κ1) is 16.8. The molecule has 0 spiro atoms. The van der Waals surface area contributed by atoms with Gasteiger partial charge in [0.2, 0.25) is 5.91 Å². The number of amides is 3. The van der Waals surface area contributed by atoms with Crippen molar-refractivity contribution in [3.63, 3.8) is 0 Å². The molecular formula is C15H18FN3O4S. The van der Waals surface area contributed by atoms with E-state index >= 15 is 0 Å². The zero-order chi connectivity index (χ0) is 17.3. The number of urea groups is 1. The second-order valence-electron chi connectivity index (χ2n) is 5.94. The van der Waals surface area contributed by atoms with Crippen LogP contribution in [0.4, 0.5) is 14.4 Å². The molecule has 3 amide bonds. The van der Waals surface area contributed by atoms with E-state index in [0.717, 1.165) is 25.9 Å².